The Morgan fingerprint density at radius 3 is 2.51 bits per heavy atom. The molecule has 0 bridgehead atoms. The van der Waals surface area contributed by atoms with Crippen LogP contribution in [0.3, 0.4) is 0 Å². The van der Waals surface area contributed by atoms with Crippen LogP contribution in [0.5, 0.6) is 5.75 Å². The van der Waals surface area contributed by atoms with Crippen molar-refractivity contribution in [3.63, 3.8) is 0 Å². The van der Waals surface area contributed by atoms with E-state index < -0.39 is 10.0 Å². The van der Waals surface area contributed by atoms with Gasteiger partial charge in [-0.25, -0.2) is 13.1 Å². The molecular formula is C24H26N8O3S2. The first kappa shape index (κ1) is 24.7. The number of hydrogen-bond donors (Lipinski definition) is 2. The lowest BCUT2D eigenvalue weighted by molar-refractivity contribution is 0.417. The van der Waals surface area contributed by atoms with Crippen molar-refractivity contribution < 1.29 is 13.2 Å². The van der Waals surface area contributed by atoms with Crippen molar-refractivity contribution >= 4 is 38.7 Å². The minimum atomic E-state index is -3.49. The third-order valence-corrected chi connectivity index (χ3v) is 7.15. The maximum absolute atomic E-state index is 11.8. The molecule has 0 saturated carbocycles. The number of aromatic nitrogens is 5. The molecule has 11 nitrogen and oxygen atoms in total. The molecule has 0 spiro atoms. The van der Waals surface area contributed by atoms with E-state index in [0.717, 1.165) is 34.6 Å². The first-order valence-corrected chi connectivity index (χ1v) is 13.7. The molecule has 0 unspecified atom stereocenters. The molecule has 1 aromatic carbocycles. The molecule has 2 N–H and O–H groups in total. The maximum atomic E-state index is 11.8. The molecule has 1 aliphatic rings. The monoisotopic (exact) mass is 538 g/mol. The Morgan fingerprint density at radius 2 is 1.86 bits per heavy atom. The summed E-state index contributed by atoms with van der Waals surface area (Å²) in [5.74, 6) is 0.376. The van der Waals surface area contributed by atoms with E-state index in [1.165, 1.54) is 7.11 Å². The molecule has 2 atom stereocenters. The van der Waals surface area contributed by atoms with Crippen LogP contribution in [-0.2, 0) is 10.0 Å². The number of pyridine rings is 1. The summed E-state index contributed by atoms with van der Waals surface area (Å²) in [5, 5.41) is 11.9. The first-order chi connectivity index (χ1) is 17.7. The molecule has 3 aromatic heterocycles. The fourth-order valence-corrected chi connectivity index (χ4v) is 5.71. The fraction of sp³-hybridized carbons (Fsp3) is 0.250. The molecule has 1 saturated heterocycles. The van der Waals surface area contributed by atoms with Crippen LogP contribution < -0.4 is 19.7 Å². The van der Waals surface area contributed by atoms with Crippen molar-refractivity contribution in [2.45, 2.75) is 25.9 Å². The van der Waals surface area contributed by atoms with Crippen LogP contribution in [0.1, 0.15) is 34.7 Å². The van der Waals surface area contributed by atoms with Gasteiger partial charge in [0.2, 0.25) is 10.0 Å². The predicted octanol–water partition coefficient (Wildman–Crippen LogP) is 2.96. The zero-order chi connectivity index (χ0) is 26.3. The van der Waals surface area contributed by atoms with Crippen molar-refractivity contribution in [2.75, 3.05) is 23.0 Å². The molecule has 4 heterocycles. The van der Waals surface area contributed by atoms with E-state index in [2.05, 4.69) is 31.3 Å². The molecule has 192 valence electrons. The summed E-state index contributed by atoms with van der Waals surface area (Å²) in [5.41, 5.74) is 4.94. The van der Waals surface area contributed by atoms with Gasteiger partial charge in [0.15, 0.2) is 5.11 Å². The van der Waals surface area contributed by atoms with Crippen molar-refractivity contribution in [1.29, 1.82) is 0 Å². The quantitative estimate of drug-likeness (QED) is 0.342. The Hall–Kier alpha value is -3.97. The summed E-state index contributed by atoms with van der Waals surface area (Å²) in [6.45, 7) is 4.06. The Kier molecular flexibility index (Phi) is 6.33. The number of thiocarbonyl (C=S) groups is 1. The Bertz CT molecular complexity index is 1550. The van der Waals surface area contributed by atoms with Gasteiger partial charge < -0.3 is 15.0 Å². The SMILES string of the molecule is COc1cc(N2C(=S)N[C@@H](c3ccccn3)[C@@H]2c2cc(C)n(-n3cnnc3)c2C)ccc1NS(C)(=O)=O. The number of benzene rings is 1. The summed E-state index contributed by atoms with van der Waals surface area (Å²) in [4.78, 5) is 6.63. The van der Waals surface area contributed by atoms with Gasteiger partial charge in [-0.05, 0) is 56.4 Å². The van der Waals surface area contributed by atoms with E-state index in [1.54, 1.807) is 31.0 Å². The number of nitrogens with zero attached hydrogens (tertiary/aromatic N) is 6. The van der Waals surface area contributed by atoms with Crippen LogP contribution in [0, 0.1) is 13.8 Å². The average molecular weight is 539 g/mol. The van der Waals surface area contributed by atoms with Gasteiger partial charge in [0, 0.05) is 34.9 Å². The molecule has 5 rings (SSSR count). The number of methoxy groups -OCH3 is 1. The molecule has 0 aliphatic carbocycles. The normalized spacial score (nSPS) is 17.6. The Labute approximate surface area is 220 Å². The van der Waals surface area contributed by atoms with Crippen molar-refractivity contribution in [2.24, 2.45) is 0 Å². The lowest BCUT2D eigenvalue weighted by atomic mass is 9.96. The molecule has 37 heavy (non-hydrogen) atoms. The number of nitrogens with one attached hydrogen (secondary N) is 2. The smallest absolute Gasteiger partial charge is 0.229 e. The zero-order valence-corrected chi connectivity index (χ0v) is 22.3. The third-order valence-electron chi connectivity index (χ3n) is 6.25. The van der Waals surface area contributed by atoms with E-state index in [9.17, 15) is 8.42 Å². The second kappa shape index (κ2) is 9.48. The number of ether oxygens (including phenoxy) is 1. The number of hydrogen-bond acceptors (Lipinski definition) is 7. The fourth-order valence-electron chi connectivity index (χ4n) is 4.79. The van der Waals surface area contributed by atoms with Gasteiger partial charge in [-0.3, -0.25) is 14.4 Å². The second-order valence-electron chi connectivity index (χ2n) is 8.74. The maximum Gasteiger partial charge on any atom is 0.229 e. The van der Waals surface area contributed by atoms with E-state index in [4.69, 9.17) is 17.0 Å². The van der Waals surface area contributed by atoms with Crippen molar-refractivity contribution in [1.82, 2.24) is 29.9 Å². The number of rotatable bonds is 7. The predicted molar refractivity (Wildman–Crippen MR) is 144 cm³/mol. The molecule has 0 amide bonds. The highest BCUT2D eigenvalue weighted by molar-refractivity contribution is 7.92. The Balaban J connectivity index is 1.66. The van der Waals surface area contributed by atoms with Crippen molar-refractivity contribution in [3.8, 4) is 5.75 Å². The van der Waals surface area contributed by atoms with Gasteiger partial charge in [-0.15, -0.1) is 10.2 Å². The molecule has 0 radical (unpaired) electrons. The lowest BCUT2D eigenvalue weighted by Gasteiger charge is -2.28. The Morgan fingerprint density at radius 1 is 1.11 bits per heavy atom. The second-order valence-corrected chi connectivity index (χ2v) is 10.9. The minimum absolute atomic E-state index is 0.247. The van der Waals surface area contributed by atoms with E-state index >= 15 is 0 Å². The molecular weight excluding hydrogens is 512 g/mol. The van der Waals surface area contributed by atoms with E-state index in [-0.39, 0.29) is 12.1 Å². The largest absolute Gasteiger partial charge is 0.494 e. The van der Waals surface area contributed by atoms with Crippen LogP contribution >= 0.6 is 12.2 Å². The molecule has 1 fully saturated rings. The summed E-state index contributed by atoms with van der Waals surface area (Å²) < 4.78 is 35.6. The number of anilines is 2. The topological polar surface area (TPSA) is 119 Å². The molecule has 4 aromatic rings. The highest BCUT2D eigenvalue weighted by atomic mass is 32.2. The first-order valence-electron chi connectivity index (χ1n) is 11.4. The minimum Gasteiger partial charge on any atom is -0.494 e. The molecule has 13 heteroatoms. The van der Waals surface area contributed by atoms with Gasteiger partial charge in [0.1, 0.15) is 18.4 Å². The van der Waals surface area contributed by atoms with E-state index in [1.807, 2.05) is 52.4 Å². The summed E-state index contributed by atoms with van der Waals surface area (Å²) >= 11 is 5.84. The van der Waals surface area contributed by atoms with Gasteiger partial charge in [0.25, 0.3) is 0 Å². The van der Waals surface area contributed by atoms with Crippen molar-refractivity contribution in [3.05, 3.63) is 84.0 Å². The summed E-state index contributed by atoms with van der Waals surface area (Å²) in [7, 11) is -1.99. The van der Waals surface area contributed by atoms with E-state index in [0.29, 0.717) is 16.5 Å². The van der Waals surface area contributed by atoms with Crippen LogP contribution in [0.4, 0.5) is 11.4 Å². The number of aryl methyl sites for hydroxylation is 1. The van der Waals surface area contributed by atoms with Crippen LogP contribution in [0.25, 0.3) is 0 Å². The van der Waals surface area contributed by atoms with Gasteiger partial charge >= 0.3 is 0 Å². The highest BCUT2D eigenvalue weighted by Crippen LogP contribution is 2.44. The van der Waals surface area contributed by atoms with Crippen LogP contribution in [0.2, 0.25) is 0 Å². The highest BCUT2D eigenvalue weighted by Gasteiger charge is 2.42. The summed E-state index contributed by atoms with van der Waals surface area (Å²) in [6, 6.07) is 12.7. The number of sulfonamides is 1. The van der Waals surface area contributed by atoms with Crippen LogP contribution in [0.15, 0.2) is 61.3 Å². The molecule has 1 aliphatic heterocycles. The average Bonchev–Trinajstić information content (AvgIpc) is 3.57. The third kappa shape index (κ3) is 4.62. The van der Waals surface area contributed by atoms with Gasteiger partial charge in [0.05, 0.1) is 36.8 Å². The van der Waals surface area contributed by atoms with Gasteiger partial charge in [-0.2, -0.15) is 0 Å². The summed E-state index contributed by atoms with van der Waals surface area (Å²) in [6.07, 6.45) is 6.15. The van der Waals surface area contributed by atoms with Gasteiger partial charge in [-0.1, -0.05) is 6.07 Å². The lowest BCUT2D eigenvalue weighted by Crippen LogP contribution is -2.29. The standard InChI is InChI=1S/C24H26N8O3S2/c1-15-11-18(16(2)32(15)30-13-26-27-14-30)23-22(20-7-5-6-10-25-20)28-24(36)31(23)17-8-9-19(21(12-17)35-3)29-37(4,33)34/h5-14,22-23,29H,1-4H3,(H,28,36)/t22-,23-/m0/s1. The zero-order valence-electron chi connectivity index (χ0n) is 20.7. The van der Waals surface area contributed by atoms with Crippen LogP contribution in [-0.4, -0.2) is 51.4 Å².